The molecular weight excluding hydrogens is 278 g/mol. The van der Waals surface area contributed by atoms with Crippen LogP contribution in [0.25, 0.3) is 11.1 Å². The molecule has 112 valence electrons. The first-order chi connectivity index (χ1) is 10.8. The monoisotopic (exact) mass is 295 g/mol. The molecule has 0 bridgehead atoms. The molecule has 1 heterocycles. The maximum atomic E-state index is 11.6. The Labute approximate surface area is 128 Å². The number of benzene rings is 2. The van der Waals surface area contributed by atoms with Crippen LogP contribution >= 0.6 is 0 Å². The summed E-state index contributed by atoms with van der Waals surface area (Å²) in [7, 11) is 0. The van der Waals surface area contributed by atoms with Gasteiger partial charge >= 0.3 is 0 Å². The van der Waals surface area contributed by atoms with E-state index >= 15 is 0 Å². The van der Waals surface area contributed by atoms with Crippen molar-refractivity contribution < 1.29 is 10.0 Å². The van der Waals surface area contributed by atoms with Crippen molar-refractivity contribution in [3.05, 3.63) is 53.6 Å². The number of hydrogen-bond donors (Lipinski definition) is 3. The Morgan fingerprint density at radius 2 is 2.00 bits per heavy atom. The summed E-state index contributed by atoms with van der Waals surface area (Å²) in [5.74, 6) is -0.442. The van der Waals surface area contributed by atoms with Gasteiger partial charge in [0.25, 0.3) is 5.91 Å². The van der Waals surface area contributed by atoms with Crippen molar-refractivity contribution in [3.8, 4) is 11.1 Å². The summed E-state index contributed by atoms with van der Waals surface area (Å²) in [5, 5.41) is 17.3. The Kier molecular flexibility index (Phi) is 4.16. The Bertz CT molecular complexity index is 711. The van der Waals surface area contributed by atoms with Crippen LogP contribution in [0, 0.1) is 0 Å². The van der Waals surface area contributed by atoms with Gasteiger partial charge in [0.05, 0.1) is 0 Å². The summed E-state index contributed by atoms with van der Waals surface area (Å²) >= 11 is 0. The van der Waals surface area contributed by atoms with Crippen LogP contribution in [-0.4, -0.2) is 23.9 Å². The second-order valence-corrected chi connectivity index (χ2v) is 5.14. The van der Waals surface area contributed by atoms with Gasteiger partial charge in [0, 0.05) is 12.2 Å². The quantitative estimate of drug-likeness (QED) is 0.462. The molecule has 0 aromatic heterocycles. The summed E-state index contributed by atoms with van der Waals surface area (Å²) in [6, 6.07) is 14.2. The zero-order valence-corrected chi connectivity index (χ0v) is 12.0. The van der Waals surface area contributed by atoms with Crippen molar-refractivity contribution in [2.45, 2.75) is 13.0 Å². The van der Waals surface area contributed by atoms with E-state index in [0.717, 1.165) is 30.4 Å². The Morgan fingerprint density at radius 1 is 1.18 bits per heavy atom. The highest BCUT2D eigenvalue weighted by Crippen LogP contribution is 2.32. The van der Waals surface area contributed by atoms with Crippen LogP contribution < -0.4 is 10.6 Å². The summed E-state index contributed by atoms with van der Waals surface area (Å²) in [6.07, 6.45) is 1.77. The molecule has 2 aromatic carbocycles. The molecule has 0 saturated carbocycles. The predicted molar refractivity (Wildman–Crippen MR) is 86.2 cm³/mol. The average molecular weight is 295 g/mol. The number of hydrogen-bond acceptors (Lipinski definition) is 4. The van der Waals surface area contributed by atoms with Gasteiger partial charge in [0.1, 0.15) is 6.21 Å². The molecule has 0 fully saturated rings. The molecule has 5 nitrogen and oxygen atoms in total. The fraction of sp³-hybridized carbons (Fsp3) is 0.176. The zero-order chi connectivity index (χ0) is 15.4. The van der Waals surface area contributed by atoms with E-state index in [1.165, 1.54) is 16.7 Å². The van der Waals surface area contributed by atoms with Gasteiger partial charge in [-0.25, -0.2) is 0 Å². The first-order valence-corrected chi connectivity index (χ1v) is 7.19. The first kappa shape index (κ1) is 14.3. The van der Waals surface area contributed by atoms with Gasteiger partial charge in [0.2, 0.25) is 0 Å². The molecule has 0 unspecified atom stereocenters. The number of rotatable bonds is 3. The van der Waals surface area contributed by atoms with Gasteiger partial charge in [-0.2, -0.15) is 0 Å². The highest BCUT2D eigenvalue weighted by atomic mass is 16.4. The molecule has 2 aromatic rings. The molecule has 5 heteroatoms. The predicted octanol–water partition coefficient (Wildman–Crippen LogP) is 2.40. The van der Waals surface area contributed by atoms with Crippen LogP contribution in [0.4, 0.5) is 5.69 Å². The smallest absolute Gasteiger partial charge is 0.270 e. The third-order valence-corrected chi connectivity index (χ3v) is 3.80. The molecule has 3 N–H and O–H groups in total. The topological polar surface area (TPSA) is 73.7 Å². The van der Waals surface area contributed by atoms with E-state index in [9.17, 15) is 4.79 Å². The highest BCUT2D eigenvalue weighted by Gasteiger charge is 2.18. The number of nitrogens with one attached hydrogen (secondary N) is 2. The Hall–Kier alpha value is -2.66. The van der Waals surface area contributed by atoms with Crippen LogP contribution in [-0.2, 0) is 17.8 Å². The molecule has 1 amide bonds. The SMILES string of the molecule is O=C(/C=N/O)Nc1ccc(-c2ccccc2)c2c1CNCC2. The van der Waals surface area contributed by atoms with Crippen LogP contribution in [0.5, 0.6) is 0 Å². The summed E-state index contributed by atoms with van der Waals surface area (Å²) in [5.41, 5.74) is 5.48. The van der Waals surface area contributed by atoms with Gasteiger partial charge < -0.3 is 15.8 Å². The average Bonchev–Trinajstić information content (AvgIpc) is 2.56. The standard InChI is InChI=1S/C17H17N3O2/c21-17(11-19-22)20-16-7-6-13(12-4-2-1-3-5-12)14-8-9-18-10-15(14)16/h1-7,11,18,22H,8-10H2,(H,20,21)/b19-11+. The van der Waals surface area contributed by atoms with Crippen molar-refractivity contribution in [2.75, 3.05) is 11.9 Å². The van der Waals surface area contributed by atoms with E-state index in [-0.39, 0.29) is 0 Å². The van der Waals surface area contributed by atoms with Crippen molar-refractivity contribution in [1.82, 2.24) is 5.32 Å². The number of carbonyl (C=O) groups is 1. The van der Waals surface area contributed by atoms with Crippen LogP contribution in [0.3, 0.4) is 0 Å². The molecule has 0 saturated heterocycles. The third kappa shape index (κ3) is 2.84. The minimum atomic E-state index is -0.442. The minimum absolute atomic E-state index is 0.442. The van der Waals surface area contributed by atoms with Crippen LogP contribution in [0.1, 0.15) is 11.1 Å². The summed E-state index contributed by atoms with van der Waals surface area (Å²) in [4.78, 5) is 11.6. The Balaban J connectivity index is 2.03. The molecule has 3 rings (SSSR count). The molecule has 1 aliphatic rings. The minimum Gasteiger partial charge on any atom is -0.411 e. The number of carbonyl (C=O) groups excluding carboxylic acids is 1. The van der Waals surface area contributed by atoms with E-state index in [0.29, 0.717) is 6.54 Å². The van der Waals surface area contributed by atoms with Gasteiger partial charge in [-0.1, -0.05) is 41.6 Å². The fourth-order valence-electron chi connectivity index (χ4n) is 2.83. The highest BCUT2D eigenvalue weighted by molar-refractivity contribution is 6.31. The van der Waals surface area contributed by atoms with Gasteiger partial charge in [-0.3, -0.25) is 4.79 Å². The number of anilines is 1. The van der Waals surface area contributed by atoms with Gasteiger partial charge in [0.15, 0.2) is 0 Å². The lowest BCUT2D eigenvalue weighted by molar-refractivity contribution is -0.110. The van der Waals surface area contributed by atoms with E-state index in [1.54, 1.807) is 0 Å². The van der Waals surface area contributed by atoms with E-state index in [4.69, 9.17) is 5.21 Å². The summed E-state index contributed by atoms with van der Waals surface area (Å²) in [6.45, 7) is 1.63. The molecule has 0 spiro atoms. The van der Waals surface area contributed by atoms with Crippen molar-refractivity contribution in [2.24, 2.45) is 5.16 Å². The molecule has 22 heavy (non-hydrogen) atoms. The second-order valence-electron chi connectivity index (χ2n) is 5.14. The number of fused-ring (bicyclic) bond motifs is 1. The van der Waals surface area contributed by atoms with Crippen molar-refractivity contribution >= 4 is 17.8 Å². The van der Waals surface area contributed by atoms with Crippen LogP contribution in [0.15, 0.2) is 47.6 Å². The molecule has 0 radical (unpaired) electrons. The lowest BCUT2D eigenvalue weighted by Gasteiger charge is -2.23. The zero-order valence-electron chi connectivity index (χ0n) is 12.0. The van der Waals surface area contributed by atoms with Crippen molar-refractivity contribution in [3.63, 3.8) is 0 Å². The van der Waals surface area contributed by atoms with Crippen molar-refractivity contribution in [1.29, 1.82) is 0 Å². The number of oxime groups is 1. The van der Waals surface area contributed by atoms with E-state index in [2.05, 4.69) is 27.9 Å². The van der Waals surface area contributed by atoms with Crippen LogP contribution in [0.2, 0.25) is 0 Å². The molecular formula is C17H17N3O2. The second kappa shape index (κ2) is 6.41. The lowest BCUT2D eigenvalue weighted by atomic mass is 9.90. The number of amides is 1. The Morgan fingerprint density at radius 3 is 2.77 bits per heavy atom. The van der Waals surface area contributed by atoms with Gasteiger partial charge in [-0.05, 0) is 41.3 Å². The third-order valence-electron chi connectivity index (χ3n) is 3.80. The summed E-state index contributed by atoms with van der Waals surface area (Å²) < 4.78 is 0. The van der Waals surface area contributed by atoms with E-state index < -0.39 is 5.91 Å². The molecule has 0 aliphatic carbocycles. The van der Waals surface area contributed by atoms with E-state index in [1.807, 2.05) is 30.3 Å². The fourth-order valence-corrected chi connectivity index (χ4v) is 2.83. The largest absolute Gasteiger partial charge is 0.411 e. The lowest BCUT2D eigenvalue weighted by Crippen LogP contribution is -2.26. The maximum absolute atomic E-state index is 11.6. The molecule has 0 atom stereocenters. The maximum Gasteiger partial charge on any atom is 0.270 e. The van der Waals surface area contributed by atoms with Gasteiger partial charge in [-0.15, -0.1) is 0 Å². The number of nitrogens with zero attached hydrogens (tertiary/aromatic N) is 1. The first-order valence-electron chi connectivity index (χ1n) is 7.19. The normalized spacial score (nSPS) is 13.8. The molecule has 1 aliphatic heterocycles.